The minimum atomic E-state index is -3.44. The van der Waals surface area contributed by atoms with Crippen LogP contribution in [0.15, 0.2) is 47.5 Å². The molecule has 0 spiro atoms. The van der Waals surface area contributed by atoms with Crippen LogP contribution < -0.4 is 10.2 Å². The first-order valence-electron chi connectivity index (χ1n) is 9.33. The van der Waals surface area contributed by atoms with Gasteiger partial charge in [-0.1, -0.05) is 29.3 Å². The molecule has 1 aromatic heterocycles. The van der Waals surface area contributed by atoms with Crippen LogP contribution in [-0.4, -0.2) is 67.8 Å². The van der Waals surface area contributed by atoms with Crippen LogP contribution >= 0.6 is 35.0 Å². The molecular formula is C19H22Cl2N4O3S2. The van der Waals surface area contributed by atoms with Crippen molar-refractivity contribution in [3.8, 4) is 0 Å². The summed E-state index contributed by atoms with van der Waals surface area (Å²) in [4.78, 5) is 19.1. The zero-order valence-electron chi connectivity index (χ0n) is 16.1. The van der Waals surface area contributed by atoms with Crippen molar-refractivity contribution in [2.75, 3.05) is 49.1 Å². The van der Waals surface area contributed by atoms with Crippen LogP contribution in [0, 0.1) is 0 Å². The lowest BCUT2D eigenvalue weighted by atomic mass is 10.3. The molecule has 3 rings (SSSR count). The minimum absolute atomic E-state index is 0.0610. The Labute approximate surface area is 190 Å². The van der Waals surface area contributed by atoms with Gasteiger partial charge < -0.3 is 10.2 Å². The Balaban J connectivity index is 1.41. The zero-order valence-corrected chi connectivity index (χ0v) is 19.3. The number of amides is 1. The second kappa shape index (κ2) is 10.7. The van der Waals surface area contributed by atoms with E-state index >= 15 is 0 Å². The summed E-state index contributed by atoms with van der Waals surface area (Å²) < 4.78 is 26.6. The maximum atomic E-state index is 12.6. The molecule has 1 saturated heterocycles. The maximum absolute atomic E-state index is 12.6. The second-order valence-electron chi connectivity index (χ2n) is 6.60. The van der Waals surface area contributed by atoms with Gasteiger partial charge in [-0.15, -0.1) is 11.8 Å². The molecule has 0 atom stereocenters. The molecule has 1 aliphatic heterocycles. The summed E-state index contributed by atoms with van der Waals surface area (Å²) in [6.07, 6.45) is 1.72. The molecule has 1 aromatic carbocycles. The summed E-state index contributed by atoms with van der Waals surface area (Å²) in [7, 11) is -3.44. The maximum Gasteiger partial charge on any atom is 0.230 e. The highest BCUT2D eigenvalue weighted by Gasteiger charge is 2.27. The normalized spacial score (nSPS) is 15.2. The summed E-state index contributed by atoms with van der Waals surface area (Å²) in [5, 5.41) is 3.71. The molecule has 11 heteroatoms. The number of piperazine rings is 1. The van der Waals surface area contributed by atoms with Crippen LogP contribution in [0.4, 0.5) is 5.82 Å². The molecule has 1 N–H and O–H groups in total. The lowest BCUT2D eigenvalue weighted by Gasteiger charge is -2.34. The van der Waals surface area contributed by atoms with Gasteiger partial charge in [-0.25, -0.2) is 13.4 Å². The van der Waals surface area contributed by atoms with E-state index in [9.17, 15) is 13.2 Å². The molecule has 0 saturated carbocycles. The van der Waals surface area contributed by atoms with Gasteiger partial charge in [0.1, 0.15) is 5.82 Å². The van der Waals surface area contributed by atoms with Crippen molar-refractivity contribution >= 4 is 56.7 Å². The Morgan fingerprint density at radius 2 is 1.90 bits per heavy atom. The number of pyridine rings is 1. The first-order chi connectivity index (χ1) is 14.3. The van der Waals surface area contributed by atoms with E-state index in [0.717, 1.165) is 5.82 Å². The van der Waals surface area contributed by atoms with E-state index in [1.165, 1.54) is 16.1 Å². The molecular weight excluding hydrogens is 467 g/mol. The SMILES string of the molecule is O=C(CSc1cc(Cl)ccc1Cl)NCCS(=O)(=O)N1CCN(c2ccccn2)CC1. The number of rotatable bonds is 8. The van der Waals surface area contributed by atoms with Crippen molar-refractivity contribution in [3.63, 3.8) is 0 Å². The van der Waals surface area contributed by atoms with E-state index in [2.05, 4.69) is 15.2 Å². The van der Waals surface area contributed by atoms with Crippen LogP contribution in [0.25, 0.3) is 0 Å². The summed E-state index contributed by atoms with van der Waals surface area (Å²) in [6, 6.07) is 10.7. The zero-order chi connectivity index (χ0) is 21.6. The Hall–Kier alpha value is -1.52. The van der Waals surface area contributed by atoms with Crippen LogP contribution in [-0.2, 0) is 14.8 Å². The van der Waals surface area contributed by atoms with Crippen LogP contribution in [0.1, 0.15) is 0 Å². The monoisotopic (exact) mass is 488 g/mol. The minimum Gasteiger partial charge on any atom is -0.354 e. The van der Waals surface area contributed by atoms with Gasteiger partial charge in [0.05, 0.1) is 16.5 Å². The smallest absolute Gasteiger partial charge is 0.230 e. The Morgan fingerprint density at radius 3 is 2.60 bits per heavy atom. The topological polar surface area (TPSA) is 82.6 Å². The molecule has 1 fully saturated rings. The third kappa shape index (κ3) is 6.49. The molecule has 1 amide bonds. The number of thioether (sulfide) groups is 1. The second-order valence-corrected chi connectivity index (χ2v) is 10.6. The van der Waals surface area contributed by atoms with E-state index in [1.807, 2.05) is 18.2 Å². The van der Waals surface area contributed by atoms with Gasteiger partial charge in [0.25, 0.3) is 0 Å². The van der Waals surface area contributed by atoms with Crippen molar-refractivity contribution in [2.24, 2.45) is 0 Å². The van der Waals surface area contributed by atoms with Crippen molar-refractivity contribution < 1.29 is 13.2 Å². The van der Waals surface area contributed by atoms with E-state index in [1.54, 1.807) is 24.4 Å². The largest absolute Gasteiger partial charge is 0.354 e. The quantitative estimate of drug-likeness (QED) is 0.575. The summed E-state index contributed by atoms with van der Waals surface area (Å²) >= 11 is 13.3. The third-order valence-corrected chi connectivity index (χ3v) is 8.14. The fraction of sp³-hybridized carbons (Fsp3) is 0.368. The Morgan fingerprint density at radius 1 is 1.13 bits per heavy atom. The average molecular weight is 489 g/mol. The molecule has 30 heavy (non-hydrogen) atoms. The number of nitrogens with one attached hydrogen (secondary N) is 1. The van der Waals surface area contributed by atoms with Gasteiger partial charge >= 0.3 is 0 Å². The van der Waals surface area contributed by atoms with E-state index in [-0.39, 0.29) is 24.0 Å². The molecule has 0 unspecified atom stereocenters. The Kier molecular flexibility index (Phi) is 8.24. The summed E-state index contributed by atoms with van der Waals surface area (Å²) in [6.45, 7) is 2.02. The standard InChI is InChI=1S/C19H22Cl2N4O3S2/c20-15-4-5-16(21)17(13-15)29-14-19(26)23-7-12-30(27,28)25-10-8-24(9-11-25)18-3-1-2-6-22-18/h1-6,13H,7-12,14H2,(H,23,26). The summed E-state index contributed by atoms with van der Waals surface area (Å²) in [5.41, 5.74) is 0. The number of carbonyl (C=O) groups excluding carboxylic acids is 1. The van der Waals surface area contributed by atoms with Crippen molar-refractivity contribution in [3.05, 3.63) is 52.6 Å². The van der Waals surface area contributed by atoms with Gasteiger partial charge in [0.15, 0.2) is 0 Å². The van der Waals surface area contributed by atoms with E-state index in [4.69, 9.17) is 23.2 Å². The van der Waals surface area contributed by atoms with Gasteiger partial charge in [-0.05, 0) is 30.3 Å². The number of halogens is 2. The van der Waals surface area contributed by atoms with Crippen LogP contribution in [0.5, 0.6) is 0 Å². The highest BCUT2D eigenvalue weighted by atomic mass is 35.5. The first kappa shape index (κ1) is 23.1. The van der Waals surface area contributed by atoms with Crippen LogP contribution in [0.3, 0.4) is 0 Å². The van der Waals surface area contributed by atoms with Crippen molar-refractivity contribution in [1.82, 2.24) is 14.6 Å². The number of hydrogen-bond donors (Lipinski definition) is 1. The van der Waals surface area contributed by atoms with Gasteiger partial charge in [-0.2, -0.15) is 4.31 Å². The highest BCUT2D eigenvalue weighted by molar-refractivity contribution is 8.00. The molecule has 1 aliphatic rings. The lowest BCUT2D eigenvalue weighted by molar-refractivity contribution is -0.118. The molecule has 7 nitrogen and oxygen atoms in total. The fourth-order valence-electron chi connectivity index (χ4n) is 2.97. The molecule has 162 valence electrons. The van der Waals surface area contributed by atoms with Gasteiger partial charge in [0.2, 0.25) is 15.9 Å². The lowest BCUT2D eigenvalue weighted by Crippen LogP contribution is -2.50. The number of hydrogen-bond acceptors (Lipinski definition) is 6. The van der Waals surface area contributed by atoms with E-state index < -0.39 is 10.0 Å². The number of nitrogens with zero attached hydrogens (tertiary/aromatic N) is 3. The Bertz CT molecular complexity index is 969. The van der Waals surface area contributed by atoms with Crippen molar-refractivity contribution in [1.29, 1.82) is 0 Å². The van der Waals surface area contributed by atoms with Crippen LogP contribution in [0.2, 0.25) is 10.0 Å². The molecule has 2 aromatic rings. The average Bonchev–Trinajstić information content (AvgIpc) is 2.75. The number of sulfonamides is 1. The number of anilines is 1. The predicted octanol–water partition coefficient (Wildman–Crippen LogP) is 2.75. The fourth-order valence-corrected chi connectivity index (χ4v) is 5.63. The predicted molar refractivity (Wildman–Crippen MR) is 122 cm³/mol. The molecule has 0 bridgehead atoms. The number of benzene rings is 1. The molecule has 2 heterocycles. The van der Waals surface area contributed by atoms with Gasteiger partial charge in [-0.3, -0.25) is 4.79 Å². The highest BCUT2D eigenvalue weighted by Crippen LogP contribution is 2.29. The molecule has 0 radical (unpaired) electrons. The number of aromatic nitrogens is 1. The third-order valence-electron chi connectivity index (χ3n) is 4.54. The summed E-state index contributed by atoms with van der Waals surface area (Å²) in [5.74, 6) is 0.582. The van der Waals surface area contributed by atoms with Crippen molar-refractivity contribution in [2.45, 2.75) is 4.90 Å². The molecule has 0 aliphatic carbocycles. The van der Waals surface area contributed by atoms with E-state index in [0.29, 0.717) is 41.1 Å². The number of carbonyl (C=O) groups is 1. The van der Waals surface area contributed by atoms with Gasteiger partial charge in [0, 0.05) is 48.8 Å². The first-order valence-corrected chi connectivity index (χ1v) is 12.7.